The van der Waals surface area contributed by atoms with Crippen LogP contribution in [0.1, 0.15) is 25.5 Å². The van der Waals surface area contributed by atoms with Crippen molar-refractivity contribution in [1.82, 2.24) is 9.97 Å². The topological polar surface area (TPSA) is 69.9 Å². The molecule has 0 radical (unpaired) electrons. The lowest BCUT2D eigenvalue weighted by Gasteiger charge is -2.31. The van der Waals surface area contributed by atoms with Crippen molar-refractivity contribution in [2.45, 2.75) is 19.8 Å². The Balaban J connectivity index is 2.16. The Morgan fingerprint density at radius 3 is 3.18 bits per heavy atom. The molecule has 1 aliphatic heterocycles. The summed E-state index contributed by atoms with van der Waals surface area (Å²) in [6, 6.07) is 3.57. The average Bonchev–Trinajstić information content (AvgIpc) is 2.39. The number of anilines is 1. The average molecular weight is 230 g/mol. The van der Waals surface area contributed by atoms with Gasteiger partial charge >= 0.3 is 0 Å². The molecule has 17 heavy (non-hydrogen) atoms. The van der Waals surface area contributed by atoms with Crippen molar-refractivity contribution in [3.8, 4) is 6.07 Å². The highest BCUT2D eigenvalue weighted by atomic mass is 16.1. The molecule has 0 N–H and O–H groups in total. The van der Waals surface area contributed by atoms with E-state index >= 15 is 0 Å². The van der Waals surface area contributed by atoms with Crippen LogP contribution < -0.4 is 4.90 Å². The lowest BCUT2D eigenvalue weighted by molar-refractivity contribution is -0.120. The SMILES string of the molecule is CC(=O)C1CCCN(c2nccc(C#N)n2)C1. The van der Waals surface area contributed by atoms with Crippen molar-refractivity contribution in [1.29, 1.82) is 5.26 Å². The van der Waals surface area contributed by atoms with Gasteiger partial charge in [0.2, 0.25) is 5.95 Å². The minimum atomic E-state index is 0.0677. The van der Waals surface area contributed by atoms with Gasteiger partial charge in [0.05, 0.1) is 0 Å². The summed E-state index contributed by atoms with van der Waals surface area (Å²) in [5, 5.41) is 8.79. The highest BCUT2D eigenvalue weighted by Crippen LogP contribution is 2.20. The lowest BCUT2D eigenvalue weighted by Crippen LogP contribution is -2.39. The van der Waals surface area contributed by atoms with Crippen LogP contribution in [0.3, 0.4) is 0 Å². The van der Waals surface area contributed by atoms with E-state index in [1.54, 1.807) is 19.2 Å². The first-order valence-electron chi connectivity index (χ1n) is 5.69. The highest BCUT2D eigenvalue weighted by molar-refractivity contribution is 5.79. The van der Waals surface area contributed by atoms with Crippen molar-refractivity contribution in [2.75, 3.05) is 18.0 Å². The van der Waals surface area contributed by atoms with Crippen LogP contribution in [0.25, 0.3) is 0 Å². The van der Waals surface area contributed by atoms with E-state index < -0.39 is 0 Å². The zero-order chi connectivity index (χ0) is 12.3. The summed E-state index contributed by atoms with van der Waals surface area (Å²) in [6.07, 6.45) is 3.48. The quantitative estimate of drug-likeness (QED) is 0.762. The number of aromatic nitrogens is 2. The number of nitrogens with zero attached hydrogens (tertiary/aromatic N) is 4. The number of piperidine rings is 1. The summed E-state index contributed by atoms with van der Waals surface area (Å²) >= 11 is 0. The van der Waals surface area contributed by atoms with E-state index in [0.717, 1.165) is 19.4 Å². The molecule has 1 unspecified atom stereocenters. The molecule has 2 heterocycles. The molecular weight excluding hydrogens is 216 g/mol. The van der Waals surface area contributed by atoms with E-state index in [1.807, 2.05) is 11.0 Å². The first-order chi connectivity index (χ1) is 8.20. The van der Waals surface area contributed by atoms with Gasteiger partial charge in [-0.3, -0.25) is 4.79 Å². The molecule has 0 bridgehead atoms. The zero-order valence-corrected chi connectivity index (χ0v) is 9.76. The van der Waals surface area contributed by atoms with E-state index in [2.05, 4.69) is 9.97 Å². The van der Waals surface area contributed by atoms with E-state index in [-0.39, 0.29) is 11.7 Å². The summed E-state index contributed by atoms with van der Waals surface area (Å²) < 4.78 is 0. The summed E-state index contributed by atoms with van der Waals surface area (Å²) in [5.74, 6) is 0.833. The van der Waals surface area contributed by atoms with Crippen LogP contribution in [-0.4, -0.2) is 28.8 Å². The van der Waals surface area contributed by atoms with Gasteiger partial charge in [-0.05, 0) is 25.8 Å². The molecule has 0 spiro atoms. The van der Waals surface area contributed by atoms with Gasteiger partial charge in [-0.25, -0.2) is 9.97 Å². The van der Waals surface area contributed by atoms with Gasteiger partial charge < -0.3 is 4.90 Å². The van der Waals surface area contributed by atoms with Crippen molar-refractivity contribution >= 4 is 11.7 Å². The minimum absolute atomic E-state index is 0.0677. The van der Waals surface area contributed by atoms with Crippen LogP contribution in [0.2, 0.25) is 0 Å². The first-order valence-corrected chi connectivity index (χ1v) is 5.69. The van der Waals surface area contributed by atoms with Crippen LogP contribution in [-0.2, 0) is 4.79 Å². The minimum Gasteiger partial charge on any atom is -0.340 e. The molecule has 1 aromatic heterocycles. The lowest BCUT2D eigenvalue weighted by atomic mass is 9.95. The van der Waals surface area contributed by atoms with Crippen LogP contribution in [0.5, 0.6) is 0 Å². The number of nitriles is 1. The molecule has 1 saturated heterocycles. The van der Waals surface area contributed by atoms with Gasteiger partial charge in [-0.2, -0.15) is 5.26 Å². The number of Topliss-reactive ketones (excluding diaryl/α,β-unsaturated/α-hetero) is 1. The summed E-state index contributed by atoms with van der Waals surface area (Å²) in [6.45, 7) is 3.13. The third-order valence-corrected chi connectivity index (χ3v) is 3.04. The number of rotatable bonds is 2. The molecular formula is C12H14N4O. The second kappa shape index (κ2) is 4.91. The summed E-state index contributed by atoms with van der Waals surface area (Å²) in [4.78, 5) is 21.7. The Kier molecular flexibility index (Phi) is 3.33. The molecule has 88 valence electrons. The summed E-state index contributed by atoms with van der Waals surface area (Å²) in [5.41, 5.74) is 0.361. The number of hydrogen-bond donors (Lipinski definition) is 0. The Bertz CT molecular complexity index is 466. The largest absolute Gasteiger partial charge is 0.340 e. The van der Waals surface area contributed by atoms with Crippen molar-refractivity contribution < 1.29 is 4.79 Å². The molecule has 1 fully saturated rings. The van der Waals surface area contributed by atoms with Gasteiger partial charge in [-0.15, -0.1) is 0 Å². The molecule has 1 aromatic rings. The predicted octanol–water partition coefficient (Wildman–Crippen LogP) is 1.15. The molecule has 0 aliphatic carbocycles. The van der Waals surface area contributed by atoms with E-state index in [1.165, 1.54) is 0 Å². The standard InChI is InChI=1S/C12H14N4O/c1-9(17)10-3-2-6-16(8-10)12-14-5-4-11(7-13)15-12/h4-5,10H,2-3,6,8H2,1H3. The third-order valence-electron chi connectivity index (χ3n) is 3.04. The third kappa shape index (κ3) is 2.59. The molecule has 0 saturated carbocycles. The summed E-state index contributed by atoms with van der Waals surface area (Å²) in [7, 11) is 0. The molecule has 1 aliphatic rings. The van der Waals surface area contributed by atoms with Crippen LogP contribution in [0, 0.1) is 17.2 Å². The maximum atomic E-state index is 11.4. The van der Waals surface area contributed by atoms with E-state index in [4.69, 9.17) is 5.26 Å². The van der Waals surface area contributed by atoms with Crippen molar-refractivity contribution in [3.05, 3.63) is 18.0 Å². The van der Waals surface area contributed by atoms with Crippen molar-refractivity contribution in [2.24, 2.45) is 5.92 Å². The van der Waals surface area contributed by atoms with Gasteiger partial charge in [-0.1, -0.05) is 0 Å². The monoisotopic (exact) mass is 230 g/mol. The smallest absolute Gasteiger partial charge is 0.226 e. The van der Waals surface area contributed by atoms with Gasteiger partial charge in [0.25, 0.3) is 0 Å². The van der Waals surface area contributed by atoms with Gasteiger partial charge in [0.1, 0.15) is 17.5 Å². The highest BCUT2D eigenvalue weighted by Gasteiger charge is 2.24. The number of ketones is 1. The second-order valence-corrected chi connectivity index (χ2v) is 4.25. The fourth-order valence-corrected chi connectivity index (χ4v) is 2.05. The molecule has 2 rings (SSSR count). The van der Waals surface area contributed by atoms with Crippen LogP contribution in [0.15, 0.2) is 12.3 Å². The van der Waals surface area contributed by atoms with Crippen LogP contribution in [0.4, 0.5) is 5.95 Å². The predicted molar refractivity (Wildman–Crippen MR) is 62.4 cm³/mol. The van der Waals surface area contributed by atoms with Crippen LogP contribution >= 0.6 is 0 Å². The van der Waals surface area contributed by atoms with Gasteiger partial charge in [0, 0.05) is 25.2 Å². The Labute approximate surface area is 100 Å². The molecule has 0 amide bonds. The Morgan fingerprint density at radius 2 is 2.47 bits per heavy atom. The fraction of sp³-hybridized carbons (Fsp3) is 0.500. The van der Waals surface area contributed by atoms with E-state index in [0.29, 0.717) is 18.2 Å². The Morgan fingerprint density at radius 1 is 1.65 bits per heavy atom. The first kappa shape index (κ1) is 11.5. The maximum absolute atomic E-state index is 11.4. The maximum Gasteiger partial charge on any atom is 0.226 e. The second-order valence-electron chi connectivity index (χ2n) is 4.25. The zero-order valence-electron chi connectivity index (χ0n) is 9.76. The molecule has 0 aromatic carbocycles. The number of carbonyl (C=O) groups is 1. The fourth-order valence-electron chi connectivity index (χ4n) is 2.05. The Hall–Kier alpha value is -1.96. The van der Waals surface area contributed by atoms with Gasteiger partial charge in [0.15, 0.2) is 0 Å². The number of hydrogen-bond acceptors (Lipinski definition) is 5. The van der Waals surface area contributed by atoms with E-state index in [9.17, 15) is 4.79 Å². The normalized spacial score (nSPS) is 19.8. The molecule has 5 heteroatoms. The number of carbonyl (C=O) groups excluding carboxylic acids is 1. The van der Waals surface area contributed by atoms with Crippen molar-refractivity contribution in [3.63, 3.8) is 0 Å². The molecule has 5 nitrogen and oxygen atoms in total. The molecule has 1 atom stereocenters.